The number of benzene rings is 1. The van der Waals surface area contributed by atoms with Crippen LogP contribution in [0.4, 0.5) is 10.1 Å². The van der Waals surface area contributed by atoms with E-state index in [1.165, 1.54) is 18.2 Å². The normalized spacial score (nSPS) is 10.4. The number of rotatable bonds is 4. The van der Waals surface area contributed by atoms with Crippen LogP contribution < -0.4 is 11.1 Å². The van der Waals surface area contributed by atoms with Gasteiger partial charge < -0.3 is 11.1 Å². The zero-order chi connectivity index (χ0) is 15.6. The summed E-state index contributed by atoms with van der Waals surface area (Å²) >= 11 is 4.87. The number of nitrogens with two attached hydrogens (primary N) is 1. The molecule has 0 aliphatic carbocycles. The fraction of sp³-hybridized carbons (Fsp3) is 0.214. The molecule has 5 nitrogen and oxygen atoms in total. The molecular formula is C14H15FN4OS. The van der Waals surface area contributed by atoms with E-state index in [4.69, 9.17) is 18.0 Å². The van der Waals surface area contributed by atoms with Gasteiger partial charge in [-0.2, -0.15) is 5.10 Å². The number of aromatic nitrogens is 2. The van der Waals surface area contributed by atoms with Gasteiger partial charge in [-0.05, 0) is 38.1 Å². The Morgan fingerprint density at radius 3 is 2.81 bits per heavy atom. The van der Waals surface area contributed by atoms with E-state index in [2.05, 4.69) is 10.4 Å². The molecule has 0 saturated carbocycles. The standard InChI is InChI=1S/C14H15FN4OS/c1-3-19-12(6-8(2)18-19)14(20)17-11-5-4-9(15)7-10(11)13(16)21/h4-7H,3H2,1-2H3,(H2,16,21)(H,17,20). The van der Waals surface area contributed by atoms with Crippen molar-refractivity contribution < 1.29 is 9.18 Å². The average Bonchev–Trinajstić information content (AvgIpc) is 2.81. The zero-order valence-electron chi connectivity index (χ0n) is 11.7. The second kappa shape index (κ2) is 6.01. The summed E-state index contributed by atoms with van der Waals surface area (Å²) in [4.78, 5) is 12.3. The quantitative estimate of drug-likeness (QED) is 0.850. The second-order valence-electron chi connectivity index (χ2n) is 4.50. The van der Waals surface area contributed by atoms with E-state index in [-0.39, 0.29) is 16.5 Å². The van der Waals surface area contributed by atoms with Crippen LogP contribution in [0.1, 0.15) is 28.7 Å². The fourth-order valence-electron chi connectivity index (χ4n) is 1.99. The predicted molar refractivity (Wildman–Crippen MR) is 82.9 cm³/mol. The molecule has 1 aromatic carbocycles. The Hall–Kier alpha value is -2.28. The molecule has 21 heavy (non-hydrogen) atoms. The van der Waals surface area contributed by atoms with Crippen LogP contribution in [-0.4, -0.2) is 20.7 Å². The van der Waals surface area contributed by atoms with E-state index >= 15 is 0 Å². The van der Waals surface area contributed by atoms with Gasteiger partial charge >= 0.3 is 0 Å². The molecular weight excluding hydrogens is 291 g/mol. The van der Waals surface area contributed by atoms with Crippen LogP contribution >= 0.6 is 12.2 Å². The molecule has 0 atom stereocenters. The van der Waals surface area contributed by atoms with E-state index in [0.717, 1.165) is 5.69 Å². The molecule has 2 rings (SSSR count). The molecule has 0 unspecified atom stereocenters. The van der Waals surface area contributed by atoms with Crippen molar-refractivity contribution in [2.75, 3.05) is 5.32 Å². The molecule has 0 spiro atoms. The van der Waals surface area contributed by atoms with Crippen molar-refractivity contribution >= 4 is 28.8 Å². The first-order valence-electron chi connectivity index (χ1n) is 6.37. The lowest BCUT2D eigenvalue weighted by Gasteiger charge is -2.11. The first kappa shape index (κ1) is 15.1. The molecule has 0 fully saturated rings. The van der Waals surface area contributed by atoms with E-state index in [0.29, 0.717) is 17.9 Å². The first-order chi connectivity index (χ1) is 9.92. The van der Waals surface area contributed by atoms with Gasteiger partial charge in [0.25, 0.3) is 5.91 Å². The molecule has 0 radical (unpaired) electrons. The molecule has 0 saturated heterocycles. The summed E-state index contributed by atoms with van der Waals surface area (Å²) in [6, 6.07) is 5.55. The van der Waals surface area contributed by atoms with Gasteiger partial charge in [-0.3, -0.25) is 9.48 Å². The number of carbonyl (C=O) groups is 1. The van der Waals surface area contributed by atoms with E-state index in [1.54, 1.807) is 17.7 Å². The summed E-state index contributed by atoms with van der Waals surface area (Å²) in [7, 11) is 0. The number of aryl methyl sites for hydroxylation is 2. The van der Waals surface area contributed by atoms with Gasteiger partial charge in [0, 0.05) is 12.1 Å². The number of halogens is 1. The van der Waals surface area contributed by atoms with Crippen molar-refractivity contribution in [2.24, 2.45) is 5.73 Å². The van der Waals surface area contributed by atoms with Crippen molar-refractivity contribution in [2.45, 2.75) is 20.4 Å². The number of amides is 1. The Kier molecular flexibility index (Phi) is 4.32. The van der Waals surface area contributed by atoms with Gasteiger partial charge in [0.05, 0.1) is 11.4 Å². The van der Waals surface area contributed by atoms with Crippen LogP contribution in [-0.2, 0) is 6.54 Å². The molecule has 0 aliphatic rings. The van der Waals surface area contributed by atoms with Gasteiger partial charge in [-0.25, -0.2) is 4.39 Å². The maximum atomic E-state index is 13.2. The molecule has 0 bridgehead atoms. The van der Waals surface area contributed by atoms with Crippen molar-refractivity contribution in [3.8, 4) is 0 Å². The third kappa shape index (κ3) is 3.25. The van der Waals surface area contributed by atoms with Crippen LogP contribution in [0.3, 0.4) is 0 Å². The fourth-order valence-corrected chi connectivity index (χ4v) is 2.15. The zero-order valence-corrected chi connectivity index (χ0v) is 12.5. The van der Waals surface area contributed by atoms with Crippen molar-refractivity contribution in [3.63, 3.8) is 0 Å². The molecule has 110 valence electrons. The average molecular weight is 306 g/mol. The predicted octanol–water partition coefficient (Wildman–Crippen LogP) is 2.24. The van der Waals surface area contributed by atoms with Crippen LogP contribution in [0.25, 0.3) is 0 Å². The maximum absolute atomic E-state index is 13.2. The molecule has 1 aromatic heterocycles. The molecule has 1 heterocycles. The number of hydrogen-bond donors (Lipinski definition) is 2. The minimum atomic E-state index is -0.467. The Balaban J connectivity index is 2.33. The number of nitrogens with one attached hydrogen (secondary N) is 1. The lowest BCUT2D eigenvalue weighted by atomic mass is 10.1. The van der Waals surface area contributed by atoms with E-state index < -0.39 is 5.82 Å². The van der Waals surface area contributed by atoms with Gasteiger partial charge in [0.1, 0.15) is 16.5 Å². The monoisotopic (exact) mass is 306 g/mol. The van der Waals surface area contributed by atoms with E-state index in [9.17, 15) is 9.18 Å². The number of nitrogens with zero attached hydrogens (tertiary/aromatic N) is 2. The maximum Gasteiger partial charge on any atom is 0.273 e. The first-order valence-corrected chi connectivity index (χ1v) is 6.78. The summed E-state index contributed by atoms with van der Waals surface area (Å²) in [5.41, 5.74) is 7.38. The van der Waals surface area contributed by atoms with Crippen LogP contribution in [0, 0.1) is 12.7 Å². The van der Waals surface area contributed by atoms with E-state index in [1.807, 2.05) is 6.92 Å². The van der Waals surface area contributed by atoms with Gasteiger partial charge in [-0.15, -0.1) is 0 Å². The minimum Gasteiger partial charge on any atom is -0.389 e. The summed E-state index contributed by atoms with van der Waals surface area (Å²) in [6.07, 6.45) is 0. The number of hydrogen-bond acceptors (Lipinski definition) is 3. The topological polar surface area (TPSA) is 72.9 Å². The molecule has 0 aliphatic heterocycles. The van der Waals surface area contributed by atoms with Gasteiger partial charge in [0.2, 0.25) is 0 Å². The summed E-state index contributed by atoms with van der Waals surface area (Å²) in [5.74, 6) is -0.813. The highest BCUT2D eigenvalue weighted by Crippen LogP contribution is 2.18. The van der Waals surface area contributed by atoms with Crippen LogP contribution in [0.5, 0.6) is 0 Å². The van der Waals surface area contributed by atoms with Crippen LogP contribution in [0.2, 0.25) is 0 Å². The lowest BCUT2D eigenvalue weighted by molar-refractivity contribution is 0.101. The summed E-state index contributed by atoms with van der Waals surface area (Å²) in [6.45, 7) is 4.27. The molecule has 7 heteroatoms. The summed E-state index contributed by atoms with van der Waals surface area (Å²) < 4.78 is 14.8. The number of thiocarbonyl (C=S) groups is 1. The Morgan fingerprint density at radius 2 is 2.19 bits per heavy atom. The molecule has 2 aromatic rings. The van der Waals surface area contributed by atoms with Crippen LogP contribution in [0.15, 0.2) is 24.3 Å². The highest BCUT2D eigenvalue weighted by Gasteiger charge is 2.16. The van der Waals surface area contributed by atoms with Crippen molar-refractivity contribution in [1.82, 2.24) is 9.78 Å². The second-order valence-corrected chi connectivity index (χ2v) is 4.93. The Labute approximate surface area is 126 Å². The third-order valence-electron chi connectivity index (χ3n) is 2.93. The third-order valence-corrected chi connectivity index (χ3v) is 3.15. The van der Waals surface area contributed by atoms with Crippen molar-refractivity contribution in [1.29, 1.82) is 0 Å². The summed E-state index contributed by atoms with van der Waals surface area (Å²) in [5, 5.41) is 6.90. The SMILES string of the molecule is CCn1nc(C)cc1C(=O)Nc1ccc(F)cc1C(N)=S. The van der Waals surface area contributed by atoms with Gasteiger partial charge in [-0.1, -0.05) is 12.2 Å². The largest absolute Gasteiger partial charge is 0.389 e. The number of anilines is 1. The molecule has 3 N–H and O–H groups in total. The highest BCUT2D eigenvalue weighted by atomic mass is 32.1. The van der Waals surface area contributed by atoms with Gasteiger partial charge in [0.15, 0.2) is 0 Å². The molecule has 1 amide bonds. The van der Waals surface area contributed by atoms with Crippen molar-refractivity contribution in [3.05, 3.63) is 47.0 Å². The number of carbonyl (C=O) groups excluding carboxylic acids is 1. The lowest BCUT2D eigenvalue weighted by Crippen LogP contribution is -2.20. The highest BCUT2D eigenvalue weighted by molar-refractivity contribution is 7.80. The Bertz CT molecular complexity index is 711. The smallest absolute Gasteiger partial charge is 0.273 e. The minimum absolute atomic E-state index is 0.0185. The Morgan fingerprint density at radius 1 is 1.48 bits per heavy atom.